The molecule has 2 atom stereocenters. The van der Waals surface area contributed by atoms with Crippen molar-refractivity contribution >= 4 is 23.1 Å². The van der Waals surface area contributed by atoms with Crippen LogP contribution in [0.3, 0.4) is 0 Å². The summed E-state index contributed by atoms with van der Waals surface area (Å²) in [6.07, 6.45) is 2.34. The van der Waals surface area contributed by atoms with E-state index < -0.39 is 0 Å². The van der Waals surface area contributed by atoms with Gasteiger partial charge in [0.1, 0.15) is 0 Å². The second-order valence-electron chi connectivity index (χ2n) is 5.66. The number of thioether (sulfide) groups is 1. The molecular weight excluding hydrogens is 274 g/mol. The van der Waals surface area contributed by atoms with Gasteiger partial charge in [0.2, 0.25) is 0 Å². The summed E-state index contributed by atoms with van der Waals surface area (Å²) in [5, 5.41) is 6.64. The van der Waals surface area contributed by atoms with Crippen molar-refractivity contribution in [2.24, 2.45) is 5.92 Å². The van der Waals surface area contributed by atoms with Gasteiger partial charge in [-0.1, -0.05) is 20.8 Å². The number of hydrogen-bond acceptors (Lipinski definition) is 4. The third-order valence-corrected chi connectivity index (χ3v) is 5.56. The Morgan fingerprint density at radius 2 is 2.32 bits per heavy atom. The van der Waals surface area contributed by atoms with E-state index in [4.69, 9.17) is 4.74 Å². The summed E-state index contributed by atoms with van der Waals surface area (Å²) >= 11 is 3.91. The van der Waals surface area contributed by atoms with Crippen LogP contribution in [0.2, 0.25) is 0 Å². The highest BCUT2D eigenvalue weighted by atomic mass is 32.2. The Bertz CT molecular complexity index is 378. The molecule has 1 aromatic rings. The van der Waals surface area contributed by atoms with Crippen LogP contribution < -0.4 is 5.32 Å². The van der Waals surface area contributed by atoms with Crippen LogP contribution >= 0.6 is 23.1 Å². The third-order valence-electron chi connectivity index (χ3n) is 3.22. The average molecular weight is 300 g/mol. The van der Waals surface area contributed by atoms with Gasteiger partial charge in [-0.3, -0.25) is 0 Å². The summed E-state index contributed by atoms with van der Waals surface area (Å²) < 4.78 is 7.12. The summed E-state index contributed by atoms with van der Waals surface area (Å²) in [5.41, 5.74) is 1.51. The van der Waals surface area contributed by atoms with E-state index in [1.54, 1.807) is 0 Å². The molecule has 2 nitrogen and oxygen atoms in total. The molecule has 0 fully saturated rings. The van der Waals surface area contributed by atoms with Crippen molar-refractivity contribution < 1.29 is 4.74 Å². The summed E-state index contributed by atoms with van der Waals surface area (Å²) in [7, 11) is 0. The van der Waals surface area contributed by atoms with Crippen molar-refractivity contribution in [1.82, 2.24) is 5.32 Å². The first-order chi connectivity index (χ1) is 9.16. The highest BCUT2D eigenvalue weighted by Gasteiger charge is 2.25. The zero-order valence-corrected chi connectivity index (χ0v) is 13.8. The van der Waals surface area contributed by atoms with E-state index in [1.165, 1.54) is 16.2 Å². The molecule has 0 saturated carbocycles. The van der Waals surface area contributed by atoms with E-state index in [0.717, 1.165) is 31.4 Å². The first-order valence-electron chi connectivity index (χ1n) is 7.22. The maximum Gasteiger partial charge on any atom is 0.0649 e. The normalized spacial score (nSPS) is 22.7. The molecule has 1 aromatic heterocycles. The van der Waals surface area contributed by atoms with Crippen LogP contribution in [0.5, 0.6) is 0 Å². The number of fused-ring (bicyclic) bond motifs is 1. The van der Waals surface area contributed by atoms with E-state index in [-0.39, 0.29) is 0 Å². The molecule has 0 spiro atoms. The Morgan fingerprint density at radius 1 is 1.47 bits per heavy atom. The minimum atomic E-state index is 0.544. The van der Waals surface area contributed by atoms with Crippen molar-refractivity contribution in [1.29, 1.82) is 0 Å². The van der Waals surface area contributed by atoms with Crippen molar-refractivity contribution in [3.05, 3.63) is 17.0 Å². The van der Waals surface area contributed by atoms with Crippen molar-refractivity contribution in [3.8, 4) is 0 Å². The molecule has 0 bridgehead atoms. The molecule has 19 heavy (non-hydrogen) atoms. The Labute approximate surface area is 125 Å². The van der Waals surface area contributed by atoms with Gasteiger partial charge in [0.25, 0.3) is 0 Å². The van der Waals surface area contributed by atoms with Gasteiger partial charge in [-0.2, -0.15) is 0 Å². The monoisotopic (exact) mass is 299 g/mol. The number of thiophene rings is 1. The molecule has 108 valence electrons. The molecule has 0 radical (unpaired) electrons. The molecule has 0 amide bonds. The average Bonchev–Trinajstić information content (AvgIpc) is 2.80. The highest BCUT2D eigenvalue weighted by Crippen LogP contribution is 2.43. The standard InChI is InChI=1S/C15H25NOS2/c1-11(2)10-17-7-4-6-16-14-9-12(3)19-15-13(14)5-8-18-15/h5,8,11-12,14,16H,4,6-7,9-10H2,1-3H3/t12-,14?/m0/s1. The lowest BCUT2D eigenvalue weighted by molar-refractivity contribution is 0.107. The van der Waals surface area contributed by atoms with Gasteiger partial charge >= 0.3 is 0 Å². The molecule has 4 heteroatoms. The number of nitrogens with one attached hydrogen (secondary N) is 1. The second-order valence-corrected chi connectivity index (χ2v) is 8.28. The van der Waals surface area contributed by atoms with E-state index >= 15 is 0 Å². The molecule has 0 saturated heterocycles. The van der Waals surface area contributed by atoms with Crippen LogP contribution in [0, 0.1) is 5.92 Å². The first-order valence-corrected chi connectivity index (χ1v) is 8.98. The van der Waals surface area contributed by atoms with Gasteiger partial charge in [0, 0.05) is 24.5 Å². The zero-order valence-electron chi connectivity index (χ0n) is 12.1. The van der Waals surface area contributed by atoms with Crippen LogP contribution in [0.25, 0.3) is 0 Å². The Morgan fingerprint density at radius 3 is 3.11 bits per heavy atom. The Kier molecular flexibility index (Phi) is 6.20. The molecule has 2 rings (SSSR count). The molecule has 1 aliphatic heterocycles. The summed E-state index contributed by atoms with van der Waals surface area (Å²) in [4.78, 5) is 0. The fourth-order valence-corrected chi connectivity index (χ4v) is 4.88. The lowest BCUT2D eigenvalue weighted by Crippen LogP contribution is -2.27. The molecule has 1 aliphatic rings. The summed E-state index contributed by atoms with van der Waals surface area (Å²) in [6.45, 7) is 9.52. The lowest BCUT2D eigenvalue weighted by atomic mass is 10.0. The minimum absolute atomic E-state index is 0.544. The number of rotatable bonds is 7. The smallest absolute Gasteiger partial charge is 0.0649 e. The Hall–Kier alpha value is -0.0300. The van der Waals surface area contributed by atoms with E-state index in [9.17, 15) is 0 Å². The molecule has 2 heterocycles. The third kappa shape index (κ3) is 4.78. The summed E-state index contributed by atoms with van der Waals surface area (Å²) in [5.74, 6) is 0.637. The SMILES string of the molecule is CC(C)COCCCNC1C[C@H](C)Sc2sccc21. The summed E-state index contributed by atoms with van der Waals surface area (Å²) in [6, 6.07) is 2.83. The first kappa shape index (κ1) is 15.4. The van der Waals surface area contributed by atoms with Crippen molar-refractivity contribution in [3.63, 3.8) is 0 Å². The van der Waals surface area contributed by atoms with E-state index in [0.29, 0.717) is 12.0 Å². The van der Waals surface area contributed by atoms with Gasteiger partial charge in [-0.15, -0.1) is 23.1 Å². The topological polar surface area (TPSA) is 21.3 Å². The van der Waals surface area contributed by atoms with Gasteiger partial charge in [0.15, 0.2) is 0 Å². The van der Waals surface area contributed by atoms with Crippen LogP contribution in [0.4, 0.5) is 0 Å². The van der Waals surface area contributed by atoms with Gasteiger partial charge in [0.05, 0.1) is 4.21 Å². The minimum Gasteiger partial charge on any atom is -0.381 e. The van der Waals surface area contributed by atoms with E-state index in [2.05, 4.69) is 37.5 Å². The van der Waals surface area contributed by atoms with Gasteiger partial charge < -0.3 is 10.1 Å². The van der Waals surface area contributed by atoms with Gasteiger partial charge in [-0.25, -0.2) is 0 Å². The molecule has 1 unspecified atom stereocenters. The molecule has 1 N–H and O–H groups in total. The largest absolute Gasteiger partial charge is 0.381 e. The van der Waals surface area contributed by atoms with Gasteiger partial charge in [-0.05, 0) is 42.3 Å². The van der Waals surface area contributed by atoms with Crippen molar-refractivity contribution in [2.75, 3.05) is 19.8 Å². The second kappa shape index (κ2) is 7.67. The van der Waals surface area contributed by atoms with Crippen LogP contribution in [0.15, 0.2) is 15.7 Å². The highest BCUT2D eigenvalue weighted by molar-refractivity contribution is 8.01. The van der Waals surface area contributed by atoms with Crippen molar-refractivity contribution in [2.45, 2.75) is 49.1 Å². The van der Waals surface area contributed by atoms with Crippen LogP contribution in [-0.4, -0.2) is 25.0 Å². The predicted molar refractivity (Wildman–Crippen MR) is 85.3 cm³/mol. The molecular formula is C15H25NOS2. The number of ether oxygens (including phenoxy) is 1. The van der Waals surface area contributed by atoms with E-state index in [1.807, 2.05) is 23.1 Å². The quantitative estimate of drug-likeness (QED) is 0.757. The van der Waals surface area contributed by atoms with Crippen LogP contribution in [0.1, 0.15) is 45.2 Å². The fourth-order valence-electron chi connectivity index (χ4n) is 2.31. The maximum absolute atomic E-state index is 5.62. The molecule has 0 aliphatic carbocycles. The number of hydrogen-bond donors (Lipinski definition) is 1. The van der Waals surface area contributed by atoms with Crippen LogP contribution in [-0.2, 0) is 4.74 Å². The lowest BCUT2D eigenvalue weighted by Gasteiger charge is -2.27. The zero-order chi connectivity index (χ0) is 13.7. The predicted octanol–water partition coefficient (Wildman–Crippen LogP) is 4.33. The molecule has 0 aromatic carbocycles. The maximum atomic E-state index is 5.62. The Balaban J connectivity index is 1.69. The fraction of sp³-hybridized carbons (Fsp3) is 0.733.